The predicted molar refractivity (Wildman–Crippen MR) is 85.3 cm³/mol. The molecule has 2 rings (SSSR count). The molecule has 2 unspecified atom stereocenters. The second kappa shape index (κ2) is 7.80. The second-order valence-corrected chi connectivity index (χ2v) is 6.38. The molecule has 0 amide bonds. The van der Waals surface area contributed by atoms with Gasteiger partial charge in [0, 0.05) is 19.2 Å². The number of rotatable bonds is 7. The lowest BCUT2D eigenvalue weighted by Crippen LogP contribution is -2.28. The van der Waals surface area contributed by atoms with Crippen molar-refractivity contribution in [1.82, 2.24) is 5.32 Å². The number of ether oxygens (including phenoxy) is 1. The highest BCUT2D eigenvalue weighted by Gasteiger charge is 2.19. The zero-order valence-electron chi connectivity index (χ0n) is 13.2. The van der Waals surface area contributed by atoms with Crippen LogP contribution in [0.1, 0.15) is 56.6 Å². The van der Waals surface area contributed by atoms with Crippen molar-refractivity contribution in [3.05, 3.63) is 35.4 Å². The summed E-state index contributed by atoms with van der Waals surface area (Å²) in [5.74, 6) is 0.599. The van der Waals surface area contributed by atoms with Gasteiger partial charge in [0.1, 0.15) is 0 Å². The van der Waals surface area contributed by atoms with E-state index in [0.717, 1.165) is 13.2 Å². The summed E-state index contributed by atoms with van der Waals surface area (Å²) in [5.41, 5.74) is 2.80. The summed E-state index contributed by atoms with van der Waals surface area (Å²) in [6.45, 7) is 8.60. The van der Waals surface area contributed by atoms with Gasteiger partial charge in [-0.1, -0.05) is 43.7 Å². The van der Waals surface area contributed by atoms with Gasteiger partial charge in [0.15, 0.2) is 0 Å². The molecule has 1 heterocycles. The van der Waals surface area contributed by atoms with Crippen molar-refractivity contribution in [3.63, 3.8) is 0 Å². The monoisotopic (exact) mass is 275 g/mol. The molecule has 0 aromatic heterocycles. The summed E-state index contributed by atoms with van der Waals surface area (Å²) in [5, 5.41) is 3.59. The zero-order valence-corrected chi connectivity index (χ0v) is 13.2. The first kappa shape index (κ1) is 15.5. The third-order valence-corrected chi connectivity index (χ3v) is 4.18. The lowest BCUT2D eigenvalue weighted by molar-refractivity contribution is 0.100. The summed E-state index contributed by atoms with van der Waals surface area (Å²) in [7, 11) is 0. The van der Waals surface area contributed by atoms with Gasteiger partial charge in [-0.15, -0.1) is 0 Å². The minimum Gasteiger partial charge on any atom is -0.378 e. The van der Waals surface area contributed by atoms with Gasteiger partial charge >= 0.3 is 0 Å². The van der Waals surface area contributed by atoms with Crippen LogP contribution >= 0.6 is 0 Å². The fourth-order valence-corrected chi connectivity index (χ4v) is 2.86. The molecule has 0 aliphatic carbocycles. The molecule has 0 spiro atoms. The number of hydrogen-bond acceptors (Lipinski definition) is 2. The van der Waals surface area contributed by atoms with E-state index in [1.54, 1.807) is 0 Å². The maximum atomic E-state index is 5.76. The van der Waals surface area contributed by atoms with E-state index in [4.69, 9.17) is 4.74 Å². The van der Waals surface area contributed by atoms with E-state index in [0.29, 0.717) is 18.1 Å². The normalized spacial score (nSPS) is 20.5. The highest BCUT2D eigenvalue weighted by molar-refractivity contribution is 5.24. The summed E-state index contributed by atoms with van der Waals surface area (Å²) in [6, 6.07) is 9.58. The van der Waals surface area contributed by atoms with Crippen molar-refractivity contribution < 1.29 is 4.74 Å². The fourth-order valence-electron chi connectivity index (χ4n) is 2.86. The number of nitrogens with one attached hydrogen (secondary N) is 1. The van der Waals surface area contributed by atoms with Crippen LogP contribution in [0.25, 0.3) is 0 Å². The van der Waals surface area contributed by atoms with Crippen LogP contribution in [0.3, 0.4) is 0 Å². The van der Waals surface area contributed by atoms with Crippen LogP contribution in [-0.4, -0.2) is 25.3 Å². The van der Waals surface area contributed by atoms with Crippen LogP contribution in [0.4, 0.5) is 0 Å². The molecule has 1 aliphatic heterocycles. The van der Waals surface area contributed by atoms with Gasteiger partial charge in [0.25, 0.3) is 0 Å². The molecule has 1 aromatic carbocycles. The van der Waals surface area contributed by atoms with Crippen molar-refractivity contribution in [1.29, 1.82) is 0 Å². The van der Waals surface area contributed by atoms with Gasteiger partial charge < -0.3 is 10.1 Å². The Labute approximate surface area is 123 Å². The Bertz CT molecular complexity index is 379. The Morgan fingerprint density at radius 2 is 2.00 bits per heavy atom. The molecule has 1 saturated heterocycles. The first-order valence-electron chi connectivity index (χ1n) is 8.06. The maximum Gasteiger partial charge on any atom is 0.0576 e. The van der Waals surface area contributed by atoms with Gasteiger partial charge in [0.2, 0.25) is 0 Å². The standard InChI is InChI=1S/C18H29NO/c1-14(2)19-13-17(10-11-18-5-4-12-20-18)16-8-6-15(3)7-9-16/h6-9,14,17-19H,4-5,10-13H2,1-3H3. The molecule has 1 N–H and O–H groups in total. The predicted octanol–water partition coefficient (Wildman–Crippen LogP) is 4.04. The molecule has 0 radical (unpaired) electrons. The van der Waals surface area contributed by atoms with Crippen molar-refractivity contribution >= 4 is 0 Å². The molecule has 2 heteroatoms. The van der Waals surface area contributed by atoms with Gasteiger partial charge in [-0.3, -0.25) is 0 Å². The van der Waals surface area contributed by atoms with E-state index in [1.807, 2.05) is 0 Å². The molecule has 0 bridgehead atoms. The van der Waals surface area contributed by atoms with Crippen molar-refractivity contribution in [2.75, 3.05) is 13.2 Å². The second-order valence-electron chi connectivity index (χ2n) is 6.38. The molecule has 2 atom stereocenters. The lowest BCUT2D eigenvalue weighted by atomic mass is 9.91. The minimum atomic E-state index is 0.502. The van der Waals surface area contributed by atoms with Crippen molar-refractivity contribution in [3.8, 4) is 0 Å². The first-order valence-corrected chi connectivity index (χ1v) is 8.06. The Morgan fingerprint density at radius 3 is 2.60 bits per heavy atom. The van der Waals surface area contributed by atoms with Crippen molar-refractivity contribution in [2.24, 2.45) is 0 Å². The third-order valence-electron chi connectivity index (χ3n) is 4.18. The number of aryl methyl sites for hydroxylation is 1. The van der Waals surface area contributed by atoms with E-state index in [-0.39, 0.29) is 0 Å². The van der Waals surface area contributed by atoms with Crippen LogP contribution in [-0.2, 0) is 4.74 Å². The average Bonchev–Trinajstić information content (AvgIpc) is 2.93. The van der Waals surface area contributed by atoms with Gasteiger partial charge in [-0.2, -0.15) is 0 Å². The molecule has 0 saturated carbocycles. The molecule has 1 aromatic rings. The summed E-state index contributed by atoms with van der Waals surface area (Å²) >= 11 is 0. The quantitative estimate of drug-likeness (QED) is 0.811. The van der Waals surface area contributed by atoms with E-state index in [1.165, 1.54) is 36.8 Å². The Balaban J connectivity index is 1.93. The van der Waals surface area contributed by atoms with Crippen LogP contribution < -0.4 is 5.32 Å². The van der Waals surface area contributed by atoms with Gasteiger partial charge in [0.05, 0.1) is 6.10 Å². The Hall–Kier alpha value is -0.860. The van der Waals surface area contributed by atoms with Gasteiger partial charge in [-0.05, 0) is 44.1 Å². The van der Waals surface area contributed by atoms with Crippen LogP contribution in [0.2, 0.25) is 0 Å². The first-order chi connectivity index (χ1) is 9.65. The SMILES string of the molecule is Cc1ccc(C(CCC2CCCO2)CNC(C)C)cc1. The topological polar surface area (TPSA) is 21.3 Å². The molecular formula is C18H29NO. The van der Waals surface area contributed by atoms with E-state index in [2.05, 4.69) is 50.4 Å². The lowest BCUT2D eigenvalue weighted by Gasteiger charge is -2.21. The van der Waals surface area contributed by atoms with E-state index in [9.17, 15) is 0 Å². The minimum absolute atomic E-state index is 0.502. The molecule has 2 nitrogen and oxygen atoms in total. The van der Waals surface area contributed by atoms with Crippen LogP contribution in [0.15, 0.2) is 24.3 Å². The zero-order chi connectivity index (χ0) is 14.4. The fraction of sp³-hybridized carbons (Fsp3) is 0.667. The largest absolute Gasteiger partial charge is 0.378 e. The van der Waals surface area contributed by atoms with E-state index < -0.39 is 0 Å². The third kappa shape index (κ3) is 4.92. The molecule has 1 fully saturated rings. The summed E-state index contributed by atoms with van der Waals surface area (Å²) < 4.78 is 5.76. The Morgan fingerprint density at radius 1 is 1.25 bits per heavy atom. The molecule has 112 valence electrons. The summed E-state index contributed by atoms with van der Waals surface area (Å²) in [6.07, 6.45) is 5.40. The summed E-state index contributed by atoms with van der Waals surface area (Å²) in [4.78, 5) is 0. The van der Waals surface area contributed by atoms with Gasteiger partial charge in [-0.25, -0.2) is 0 Å². The van der Waals surface area contributed by atoms with E-state index >= 15 is 0 Å². The van der Waals surface area contributed by atoms with Crippen molar-refractivity contribution in [2.45, 2.75) is 64.5 Å². The smallest absolute Gasteiger partial charge is 0.0576 e. The maximum absolute atomic E-state index is 5.76. The average molecular weight is 275 g/mol. The van der Waals surface area contributed by atoms with Crippen LogP contribution in [0, 0.1) is 6.92 Å². The number of hydrogen-bond donors (Lipinski definition) is 1. The molecular weight excluding hydrogens is 246 g/mol. The van der Waals surface area contributed by atoms with Crippen LogP contribution in [0.5, 0.6) is 0 Å². The molecule has 20 heavy (non-hydrogen) atoms. The number of benzene rings is 1. The molecule has 1 aliphatic rings. The highest BCUT2D eigenvalue weighted by atomic mass is 16.5. The highest BCUT2D eigenvalue weighted by Crippen LogP contribution is 2.25. The Kier molecular flexibility index (Phi) is 6.06.